The van der Waals surface area contributed by atoms with E-state index < -0.39 is 0 Å². The zero-order chi connectivity index (χ0) is 8.55. The molecule has 2 rings (SSSR count). The molecule has 0 unspecified atom stereocenters. The number of hydrogen-bond acceptors (Lipinski definition) is 4. The summed E-state index contributed by atoms with van der Waals surface area (Å²) in [6.07, 6.45) is 2.89. The minimum atomic E-state index is 0.425. The maximum atomic E-state index is 9.96. The first-order valence-corrected chi connectivity index (χ1v) is 3.29. The monoisotopic (exact) mass is 163 g/mol. The fourth-order valence-electron chi connectivity index (χ4n) is 0.985. The Morgan fingerprint density at radius 2 is 2.58 bits per heavy atom. The van der Waals surface area contributed by atoms with E-state index in [1.807, 2.05) is 0 Å². The molecule has 0 aliphatic carbocycles. The Balaban J connectivity index is 2.75. The fraction of sp³-hybridized carbons (Fsp3) is 0.167. The average Bonchev–Trinajstić information content (AvgIpc) is 2.52. The second kappa shape index (κ2) is 2.28. The number of aromatic amines is 1. The van der Waals surface area contributed by atoms with E-state index in [4.69, 9.17) is 0 Å². The lowest BCUT2D eigenvalue weighted by atomic mass is 10.5. The quantitative estimate of drug-likeness (QED) is 0.486. The van der Waals surface area contributed by atoms with Gasteiger partial charge >= 0.3 is 0 Å². The maximum absolute atomic E-state index is 9.96. The first-order valence-electron chi connectivity index (χ1n) is 3.29. The van der Waals surface area contributed by atoms with E-state index in [1.54, 1.807) is 6.92 Å². The minimum absolute atomic E-state index is 0.425. The highest BCUT2D eigenvalue weighted by molar-refractivity contribution is 5.65. The topological polar surface area (TPSA) is 75.4 Å². The molecule has 0 fully saturated rings. The molecule has 2 aromatic heterocycles. The summed E-state index contributed by atoms with van der Waals surface area (Å²) in [6.45, 7) is 1.79. The van der Waals surface area contributed by atoms with Gasteiger partial charge in [-0.2, -0.15) is 14.7 Å². The van der Waals surface area contributed by atoms with Gasteiger partial charge in [-0.1, -0.05) is 0 Å². The Morgan fingerprint density at radius 1 is 1.75 bits per heavy atom. The largest absolute Gasteiger partial charge is 0.263 e. The fourth-order valence-corrected chi connectivity index (χ4v) is 0.985. The third kappa shape index (κ3) is 0.826. The van der Waals surface area contributed by atoms with Gasteiger partial charge < -0.3 is 0 Å². The molecule has 60 valence electrons. The molecule has 2 aromatic rings. The van der Waals surface area contributed by atoms with Gasteiger partial charge in [-0.15, -0.1) is 0 Å². The van der Waals surface area contributed by atoms with Gasteiger partial charge in [-0.3, -0.25) is 5.10 Å². The molecule has 12 heavy (non-hydrogen) atoms. The Hall–Kier alpha value is -1.94. The number of aryl methyl sites for hydroxylation is 1. The molecule has 0 bridgehead atoms. The van der Waals surface area contributed by atoms with Crippen molar-refractivity contribution in [2.45, 2.75) is 6.92 Å². The van der Waals surface area contributed by atoms with Crippen LogP contribution in [0.25, 0.3) is 5.65 Å². The second-order valence-corrected chi connectivity index (χ2v) is 2.28. The lowest BCUT2D eigenvalue weighted by Crippen LogP contribution is -1.84. The predicted molar refractivity (Wildman–Crippen MR) is 39.9 cm³/mol. The normalized spacial score (nSPS) is 10.1. The summed E-state index contributed by atoms with van der Waals surface area (Å²) >= 11 is 0. The number of isocyanates is 1. The first-order chi connectivity index (χ1) is 5.81. The van der Waals surface area contributed by atoms with Crippen molar-refractivity contribution in [1.82, 2.24) is 19.8 Å². The van der Waals surface area contributed by atoms with Crippen LogP contribution in [0.15, 0.2) is 11.2 Å². The smallest absolute Gasteiger partial charge is 0.240 e. The van der Waals surface area contributed by atoms with E-state index in [0.29, 0.717) is 11.3 Å². The number of rotatable bonds is 1. The van der Waals surface area contributed by atoms with Crippen LogP contribution in [-0.4, -0.2) is 25.9 Å². The van der Waals surface area contributed by atoms with Crippen molar-refractivity contribution >= 4 is 17.4 Å². The first kappa shape index (κ1) is 6.75. The second-order valence-electron chi connectivity index (χ2n) is 2.28. The third-order valence-corrected chi connectivity index (χ3v) is 1.43. The van der Waals surface area contributed by atoms with E-state index in [9.17, 15) is 4.79 Å². The Labute approximate surface area is 66.9 Å². The molecule has 0 atom stereocenters. The van der Waals surface area contributed by atoms with Crippen molar-refractivity contribution in [2.75, 3.05) is 0 Å². The van der Waals surface area contributed by atoms with E-state index in [-0.39, 0.29) is 0 Å². The number of fused-ring (bicyclic) bond motifs is 1. The number of aromatic nitrogens is 4. The lowest BCUT2D eigenvalue weighted by Gasteiger charge is -1.75. The van der Waals surface area contributed by atoms with E-state index in [0.717, 1.165) is 5.82 Å². The van der Waals surface area contributed by atoms with Crippen LogP contribution in [0.3, 0.4) is 0 Å². The van der Waals surface area contributed by atoms with Crippen molar-refractivity contribution in [2.24, 2.45) is 4.99 Å². The Kier molecular flexibility index (Phi) is 1.28. The molecule has 0 aromatic carbocycles. The SMILES string of the molecule is Cc1nc2c(N=C=O)cnn2[nH]1. The number of nitrogens with zero attached hydrogens (tertiary/aromatic N) is 4. The Morgan fingerprint density at radius 3 is 3.33 bits per heavy atom. The number of hydrogen-bond donors (Lipinski definition) is 1. The van der Waals surface area contributed by atoms with Gasteiger partial charge in [0.15, 0.2) is 0 Å². The van der Waals surface area contributed by atoms with Gasteiger partial charge in [-0.05, 0) is 6.92 Å². The highest BCUT2D eigenvalue weighted by Gasteiger charge is 2.05. The van der Waals surface area contributed by atoms with Crippen molar-refractivity contribution < 1.29 is 4.79 Å². The average molecular weight is 163 g/mol. The summed E-state index contributed by atoms with van der Waals surface area (Å²) in [5.74, 6) is 0.723. The third-order valence-electron chi connectivity index (χ3n) is 1.43. The molecule has 1 N–H and O–H groups in total. The van der Waals surface area contributed by atoms with E-state index >= 15 is 0 Å². The summed E-state index contributed by atoms with van der Waals surface area (Å²) in [4.78, 5) is 17.5. The predicted octanol–water partition coefficient (Wildman–Crippen LogP) is 0.333. The summed E-state index contributed by atoms with van der Waals surface area (Å²) in [5.41, 5.74) is 0.963. The van der Waals surface area contributed by atoms with Gasteiger partial charge in [-0.25, -0.2) is 9.78 Å². The van der Waals surface area contributed by atoms with Crippen LogP contribution < -0.4 is 0 Å². The summed E-state index contributed by atoms with van der Waals surface area (Å²) in [7, 11) is 0. The number of aliphatic imine (C=N–C) groups is 1. The number of nitrogens with one attached hydrogen (secondary N) is 1. The molecular formula is C6H5N5O. The highest BCUT2D eigenvalue weighted by Crippen LogP contribution is 2.16. The molecule has 0 aliphatic rings. The summed E-state index contributed by atoms with van der Waals surface area (Å²) in [5, 5.41) is 6.73. The highest BCUT2D eigenvalue weighted by atomic mass is 16.1. The molecule has 2 heterocycles. The van der Waals surface area contributed by atoms with Crippen molar-refractivity contribution in [3.63, 3.8) is 0 Å². The van der Waals surface area contributed by atoms with Crippen LogP contribution in [0.1, 0.15) is 5.82 Å². The molecule has 0 spiro atoms. The van der Waals surface area contributed by atoms with Gasteiger partial charge in [0.1, 0.15) is 11.5 Å². The lowest BCUT2D eigenvalue weighted by molar-refractivity contribution is 0.565. The van der Waals surface area contributed by atoms with E-state index in [2.05, 4.69) is 20.2 Å². The molecule has 6 nitrogen and oxygen atoms in total. The minimum Gasteiger partial charge on any atom is -0.263 e. The Bertz CT molecular complexity index is 461. The molecule has 0 radical (unpaired) electrons. The molecule has 0 saturated heterocycles. The van der Waals surface area contributed by atoms with Crippen LogP contribution in [-0.2, 0) is 4.79 Å². The molecule has 6 heteroatoms. The molecule has 0 aliphatic heterocycles. The molecular weight excluding hydrogens is 158 g/mol. The van der Waals surface area contributed by atoms with Crippen LogP contribution in [0, 0.1) is 6.92 Å². The number of carbonyl (C=O) groups excluding carboxylic acids is 1. The van der Waals surface area contributed by atoms with Crippen LogP contribution >= 0.6 is 0 Å². The van der Waals surface area contributed by atoms with Crippen molar-refractivity contribution in [3.8, 4) is 0 Å². The zero-order valence-corrected chi connectivity index (χ0v) is 6.27. The molecule has 0 amide bonds. The van der Waals surface area contributed by atoms with Gasteiger partial charge in [0.25, 0.3) is 0 Å². The summed E-state index contributed by atoms with van der Waals surface area (Å²) < 4.78 is 1.45. The standard InChI is InChI=1S/C6H5N5O/c1-4-9-6-5(7-3-12)2-8-11(6)10-4/h2H,1H3,(H,9,10). The number of H-pyrrole nitrogens is 1. The maximum Gasteiger partial charge on any atom is 0.240 e. The van der Waals surface area contributed by atoms with Gasteiger partial charge in [0, 0.05) is 0 Å². The molecule has 0 saturated carbocycles. The van der Waals surface area contributed by atoms with E-state index in [1.165, 1.54) is 16.9 Å². The van der Waals surface area contributed by atoms with Crippen molar-refractivity contribution in [1.29, 1.82) is 0 Å². The van der Waals surface area contributed by atoms with Crippen LogP contribution in [0.4, 0.5) is 5.69 Å². The van der Waals surface area contributed by atoms with Crippen molar-refractivity contribution in [3.05, 3.63) is 12.0 Å². The van der Waals surface area contributed by atoms with Crippen LogP contribution in [0.5, 0.6) is 0 Å². The van der Waals surface area contributed by atoms with Gasteiger partial charge in [0.05, 0.1) is 6.20 Å². The van der Waals surface area contributed by atoms with Crippen LogP contribution in [0.2, 0.25) is 0 Å². The van der Waals surface area contributed by atoms with Gasteiger partial charge in [0.2, 0.25) is 11.7 Å². The summed E-state index contributed by atoms with van der Waals surface area (Å²) in [6, 6.07) is 0. The zero-order valence-electron chi connectivity index (χ0n) is 6.27.